The molecule has 0 unspecified atom stereocenters. The SMILES string of the molecule is CC(C)c1nc(Oc2ccc3c(=O)c(-c4ccccc4)coc3c2)nc(N(C)C)n1. The van der Waals surface area contributed by atoms with Gasteiger partial charge in [-0.15, -0.1) is 0 Å². The fourth-order valence-electron chi connectivity index (χ4n) is 2.96. The van der Waals surface area contributed by atoms with Gasteiger partial charge >= 0.3 is 6.01 Å². The van der Waals surface area contributed by atoms with Crippen molar-refractivity contribution < 1.29 is 9.15 Å². The maximum atomic E-state index is 12.9. The summed E-state index contributed by atoms with van der Waals surface area (Å²) in [5.74, 6) is 1.76. The molecule has 0 amide bonds. The van der Waals surface area contributed by atoms with E-state index >= 15 is 0 Å². The predicted octanol–water partition coefficient (Wildman–Crippen LogP) is 4.63. The van der Waals surface area contributed by atoms with E-state index in [0.29, 0.717) is 34.1 Å². The third-order valence-electron chi connectivity index (χ3n) is 4.58. The molecule has 30 heavy (non-hydrogen) atoms. The minimum Gasteiger partial charge on any atom is -0.463 e. The second kappa shape index (κ2) is 7.94. The molecule has 0 aliphatic heterocycles. The fraction of sp³-hybridized carbons (Fsp3) is 0.217. The molecule has 2 aromatic carbocycles. The summed E-state index contributed by atoms with van der Waals surface area (Å²) in [5.41, 5.74) is 1.68. The van der Waals surface area contributed by atoms with Crippen molar-refractivity contribution in [1.82, 2.24) is 15.0 Å². The quantitative estimate of drug-likeness (QED) is 0.481. The molecule has 7 heteroatoms. The zero-order valence-corrected chi connectivity index (χ0v) is 17.3. The van der Waals surface area contributed by atoms with Crippen LogP contribution in [0.5, 0.6) is 11.8 Å². The van der Waals surface area contributed by atoms with Gasteiger partial charge in [0.1, 0.15) is 23.4 Å². The second-order valence-corrected chi connectivity index (χ2v) is 7.43. The van der Waals surface area contributed by atoms with Gasteiger partial charge < -0.3 is 14.1 Å². The number of hydrogen-bond acceptors (Lipinski definition) is 7. The normalized spacial score (nSPS) is 11.1. The molecule has 0 saturated heterocycles. The molecule has 4 aromatic rings. The molecule has 0 radical (unpaired) electrons. The van der Waals surface area contributed by atoms with Gasteiger partial charge in [-0.25, -0.2) is 0 Å². The molecular formula is C23H22N4O3. The summed E-state index contributed by atoms with van der Waals surface area (Å²) in [4.78, 5) is 27.9. The Morgan fingerprint density at radius 3 is 2.47 bits per heavy atom. The Morgan fingerprint density at radius 1 is 1.00 bits per heavy atom. The minimum absolute atomic E-state index is 0.0915. The Hall–Kier alpha value is -3.74. The smallest absolute Gasteiger partial charge is 0.327 e. The summed E-state index contributed by atoms with van der Waals surface area (Å²) >= 11 is 0. The highest BCUT2D eigenvalue weighted by molar-refractivity contribution is 5.82. The highest BCUT2D eigenvalue weighted by Crippen LogP contribution is 2.26. The van der Waals surface area contributed by atoms with Gasteiger partial charge in [0.05, 0.1) is 10.9 Å². The molecule has 0 atom stereocenters. The summed E-state index contributed by atoms with van der Waals surface area (Å²) in [7, 11) is 3.72. The zero-order valence-electron chi connectivity index (χ0n) is 17.3. The first-order valence-corrected chi connectivity index (χ1v) is 9.64. The molecule has 0 bridgehead atoms. The van der Waals surface area contributed by atoms with E-state index in [4.69, 9.17) is 9.15 Å². The van der Waals surface area contributed by atoms with Gasteiger partial charge in [-0.05, 0) is 17.7 Å². The van der Waals surface area contributed by atoms with Crippen LogP contribution in [0.2, 0.25) is 0 Å². The Morgan fingerprint density at radius 2 is 1.77 bits per heavy atom. The number of nitrogens with zero attached hydrogens (tertiary/aromatic N) is 4. The lowest BCUT2D eigenvalue weighted by atomic mass is 10.1. The molecule has 0 spiro atoms. The standard InChI is InChI=1S/C23H22N4O3/c1-14(2)21-24-22(27(3)4)26-23(25-21)30-16-10-11-17-19(12-16)29-13-18(20(17)28)15-8-6-5-7-9-15/h5-14H,1-4H3. The number of aromatic nitrogens is 3. The van der Waals surface area contributed by atoms with Gasteiger partial charge in [-0.2, -0.15) is 15.0 Å². The Labute approximate surface area is 174 Å². The monoisotopic (exact) mass is 402 g/mol. The summed E-state index contributed by atoms with van der Waals surface area (Å²) in [6, 6.07) is 14.7. The van der Waals surface area contributed by atoms with Crippen LogP contribution in [0.1, 0.15) is 25.6 Å². The van der Waals surface area contributed by atoms with E-state index < -0.39 is 0 Å². The van der Waals surface area contributed by atoms with Crippen LogP contribution in [0, 0.1) is 0 Å². The van der Waals surface area contributed by atoms with E-state index in [1.807, 2.05) is 58.3 Å². The maximum absolute atomic E-state index is 12.9. The Bertz CT molecular complexity index is 1220. The van der Waals surface area contributed by atoms with Gasteiger partial charge in [-0.3, -0.25) is 4.79 Å². The van der Waals surface area contributed by atoms with Crippen LogP contribution in [-0.4, -0.2) is 29.0 Å². The third kappa shape index (κ3) is 3.87. The first-order chi connectivity index (χ1) is 14.4. The lowest BCUT2D eigenvalue weighted by Gasteiger charge is -2.14. The largest absolute Gasteiger partial charge is 0.463 e. The molecule has 2 heterocycles. The van der Waals surface area contributed by atoms with Crippen molar-refractivity contribution in [3.8, 4) is 22.9 Å². The number of rotatable bonds is 5. The molecule has 7 nitrogen and oxygen atoms in total. The molecule has 0 aliphatic rings. The van der Waals surface area contributed by atoms with Crippen molar-refractivity contribution in [3.05, 3.63) is 70.8 Å². The van der Waals surface area contributed by atoms with Crippen LogP contribution in [0.15, 0.2) is 64.0 Å². The first-order valence-electron chi connectivity index (χ1n) is 9.64. The van der Waals surface area contributed by atoms with Crippen molar-refractivity contribution in [2.45, 2.75) is 19.8 Å². The van der Waals surface area contributed by atoms with E-state index in [1.165, 1.54) is 6.26 Å². The zero-order chi connectivity index (χ0) is 21.3. The molecule has 0 aliphatic carbocycles. The molecule has 0 N–H and O–H groups in total. The highest BCUT2D eigenvalue weighted by atomic mass is 16.5. The van der Waals surface area contributed by atoms with E-state index in [-0.39, 0.29) is 17.4 Å². The van der Waals surface area contributed by atoms with Gasteiger partial charge in [0.25, 0.3) is 0 Å². The van der Waals surface area contributed by atoms with E-state index in [2.05, 4.69) is 15.0 Å². The van der Waals surface area contributed by atoms with Crippen LogP contribution in [-0.2, 0) is 0 Å². The fourth-order valence-corrected chi connectivity index (χ4v) is 2.96. The predicted molar refractivity (Wildman–Crippen MR) is 116 cm³/mol. The van der Waals surface area contributed by atoms with Gasteiger partial charge in [0.15, 0.2) is 5.43 Å². The summed E-state index contributed by atoms with van der Waals surface area (Å²) in [6.07, 6.45) is 1.48. The van der Waals surface area contributed by atoms with Crippen molar-refractivity contribution in [2.75, 3.05) is 19.0 Å². The van der Waals surface area contributed by atoms with E-state index in [1.54, 1.807) is 23.1 Å². The van der Waals surface area contributed by atoms with Gasteiger partial charge in [0.2, 0.25) is 5.95 Å². The molecule has 152 valence electrons. The second-order valence-electron chi connectivity index (χ2n) is 7.43. The third-order valence-corrected chi connectivity index (χ3v) is 4.58. The molecule has 0 saturated carbocycles. The maximum Gasteiger partial charge on any atom is 0.327 e. The van der Waals surface area contributed by atoms with Crippen molar-refractivity contribution in [2.24, 2.45) is 0 Å². The van der Waals surface area contributed by atoms with Crippen LogP contribution in [0.25, 0.3) is 22.1 Å². The number of hydrogen-bond donors (Lipinski definition) is 0. The van der Waals surface area contributed by atoms with Crippen LogP contribution in [0.4, 0.5) is 5.95 Å². The van der Waals surface area contributed by atoms with Crippen molar-refractivity contribution >= 4 is 16.9 Å². The van der Waals surface area contributed by atoms with Crippen LogP contribution >= 0.6 is 0 Å². The Kier molecular flexibility index (Phi) is 5.18. The molecule has 4 rings (SSSR count). The highest BCUT2D eigenvalue weighted by Gasteiger charge is 2.14. The average Bonchev–Trinajstić information content (AvgIpc) is 2.74. The topological polar surface area (TPSA) is 81.3 Å². The minimum atomic E-state index is -0.0915. The Balaban J connectivity index is 1.71. The van der Waals surface area contributed by atoms with Crippen LogP contribution < -0.4 is 15.1 Å². The van der Waals surface area contributed by atoms with Gasteiger partial charge in [0, 0.05) is 26.1 Å². The lowest BCUT2D eigenvalue weighted by molar-refractivity contribution is 0.434. The summed E-state index contributed by atoms with van der Waals surface area (Å²) < 4.78 is 11.6. The number of ether oxygens (including phenoxy) is 1. The average molecular weight is 402 g/mol. The van der Waals surface area contributed by atoms with E-state index in [9.17, 15) is 4.79 Å². The number of anilines is 1. The van der Waals surface area contributed by atoms with Crippen LogP contribution in [0.3, 0.4) is 0 Å². The summed E-state index contributed by atoms with van der Waals surface area (Å²) in [6.45, 7) is 4.01. The summed E-state index contributed by atoms with van der Waals surface area (Å²) in [5, 5.41) is 0.483. The molecular weight excluding hydrogens is 380 g/mol. The molecule has 0 fully saturated rings. The first kappa shape index (κ1) is 19.6. The lowest BCUT2D eigenvalue weighted by Crippen LogP contribution is -2.15. The number of benzene rings is 2. The van der Waals surface area contributed by atoms with E-state index in [0.717, 1.165) is 5.56 Å². The van der Waals surface area contributed by atoms with Crippen molar-refractivity contribution in [3.63, 3.8) is 0 Å². The number of fused-ring (bicyclic) bond motifs is 1. The molecule has 2 aromatic heterocycles. The van der Waals surface area contributed by atoms with Gasteiger partial charge in [-0.1, -0.05) is 44.2 Å². The van der Waals surface area contributed by atoms with Crippen molar-refractivity contribution in [1.29, 1.82) is 0 Å².